The highest BCUT2D eigenvalue weighted by atomic mass is 32.2. The first-order valence-corrected chi connectivity index (χ1v) is 8.06. The SMILES string of the molecule is NC1(c2ccc(OC3CS(=O)(=O)C3)cc2)CCC1. The van der Waals surface area contributed by atoms with E-state index in [9.17, 15) is 8.42 Å². The Morgan fingerprint density at radius 1 is 1.17 bits per heavy atom. The smallest absolute Gasteiger partial charge is 0.157 e. The highest BCUT2D eigenvalue weighted by Gasteiger charge is 2.36. The largest absolute Gasteiger partial charge is 0.488 e. The van der Waals surface area contributed by atoms with Gasteiger partial charge in [0.1, 0.15) is 11.9 Å². The Balaban J connectivity index is 1.65. The van der Waals surface area contributed by atoms with E-state index >= 15 is 0 Å². The molecule has 1 aliphatic heterocycles. The van der Waals surface area contributed by atoms with Crippen molar-refractivity contribution in [3.8, 4) is 5.75 Å². The van der Waals surface area contributed by atoms with Gasteiger partial charge in [-0.15, -0.1) is 0 Å². The Labute approximate surface area is 107 Å². The lowest BCUT2D eigenvalue weighted by molar-refractivity contribution is 0.229. The van der Waals surface area contributed by atoms with Gasteiger partial charge in [0, 0.05) is 5.54 Å². The van der Waals surface area contributed by atoms with Crippen LogP contribution in [-0.2, 0) is 15.4 Å². The Morgan fingerprint density at radius 3 is 2.22 bits per heavy atom. The van der Waals surface area contributed by atoms with Crippen LogP contribution in [0.25, 0.3) is 0 Å². The predicted octanol–water partition coefficient (Wildman–Crippen LogP) is 1.20. The summed E-state index contributed by atoms with van der Waals surface area (Å²) in [6.07, 6.45) is 3.08. The van der Waals surface area contributed by atoms with E-state index in [1.54, 1.807) is 0 Å². The van der Waals surface area contributed by atoms with Gasteiger partial charge < -0.3 is 10.5 Å². The molecule has 0 spiro atoms. The fraction of sp³-hybridized carbons (Fsp3) is 0.538. The van der Waals surface area contributed by atoms with Crippen LogP contribution in [0.15, 0.2) is 24.3 Å². The quantitative estimate of drug-likeness (QED) is 0.893. The van der Waals surface area contributed by atoms with Crippen LogP contribution in [0.2, 0.25) is 0 Å². The fourth-order valence-corrected chi connectivity index (χ4v) is 3.66. The van der Waals surface area contributed by atoms with Gasteiger partial charge in [0.2, 0.25) is 0 Å². The maximum Gasteiger partial charge on any atom is 0.157 e. The van der Waals surface area contributed by atoms with Crippen molar-refractivity contribution in [2.75, 3.05) is 11.5 Å². The van der Waals surface area contributed by atoms with E-state index in [1.807, 2.05) is 24.3 Å². The molecule has 0 atom stereocenters. The minimum atomic E-state index is -2.82. The average molecular weight is 267 g/mol. The zero-order valence-corrected chi connectivity index (χ0v) is 10.9. The van der Waals surface area contributed by atoms with E-state index in [0.717, 1.165) is 24.2 Å². The highest BCUT2D eigenvalue weighted by molar-refractivity contribution is 7.92. The first-order valence-electron chi connectivity index (χ1n) is 6.23. The zero-order chi connectivity index (χ0) is 12.8. The normalized spacial score (nSPS) is 24.9. The van der Waals surface area contributed by atoms with Gasteiger partial charge in [0.25, 0.3) is 0 Å². The van der Waals surface area contributed by atoms with Crippen LogP contribution in [0.5, 0.6) is 5.75 Å². The Bertz CT molecular complexity index is 534. The zero-order valence-electron chi connectivity index (χ0n) is 10.1. The molecule has 1 aromatic rings. The lowest BCUT2D eigenvalue weighted by atomic mass is 9.73. The van der Waals surface area contributed by atoms with Crippen molar-refractivity contribution in [1.82, 2.24) is 0 Å². The van der Waals surface area contributed by atoms with Gasteiger partial charge in [-0.05, 0) is 37.0 Å². The molecule has 0 radical (unpaired) electrons. The standard InChI is InChI=1S/C13H17NO3S/c14-13(6-1-7-13)10-2-4-11(5-3-10)17-12-8-18(15,16)9-12/h2-5,12H,1,6-9,14H2. The first-order chi connectivity index (χ1) is 8.47. The minimum Gasteiger partial charge on any atom is -0.488 e. The van der Waals surface area contributed by atoms with E-state index in [-0.39, 0.29) is 23.1 Å². The molecule has 3 rings (SSSR count). The maximum atomic E-state index is 11.0. The molecule has 1 saturated carbocycles. The van der Waals surface area contributed by atoms with Crippen LogP contribution < -0.4 is 10.5 Å². The van der Waals surface area contributed by atoms with Crippen LogP contribution in [0.1, 0.15) is 24.8 Å². The van der Waals surface area contributed by atoms with E-state index < -0.39 is 9.84 Å². The molecular weight excluding hydrogens is 250 g/mol. The second kappa shape index (κ2) is 3.96. The molecular formula is C13H17NO3S. The van der Waals surface area contributed by atoms with Crippen LogP contribution in [0.4, 0.5) is 0 Å². The molecule has 4 nitrogen and oxygen atoms in total. The van der Waals surface area contributed by atoms with Crippen molar-refractivity contribution in [2.24, 2.45) is 5.73 Å². The number of benzene rings is 1. The fourth-order valence-electron chi connectivity index (χ4n) is 2.49. The molecule has 18 heavy (non-hydrogen) atoms. The number of hydrogen-bond acceptors (Lipinski definition) is 4. The Morgan fingerprint density at radius 2 is 1.78 bits per heavy atom. The molecule has 1 heterocycles. The van der Waals surface area contributed by atoms with Gasteiger partial charge in [-0.3, -0.25) is 0 Å². The molecule has 2 aliphatic rings. The van der Waals surface area contributed by atoms with Crippen LogP contribution >= 0.6 is 0 Å². The monoisotopic (exact) mass is 267 g/mol. The molecule has 0 unspecified atom stereocenters. The average Bonchev–Trinajstić information content (AvgIpc) is 2.24. The summed E-state index contributed by atoms with van der Waals surface area (Å²) in [5.41, 5.74) is 7.21. The molecule has 1 aromatic carbocycles. The Kier molecular flexibility index (Phi) is 2.64. The number of sulfone groups is 1. The van der Waals surface area contributed by atoms with Gasteiger partial charge in [-0.2, -0.15) is 0 Å². The van der Waals surface area contributed by atoms with Gasteiger partial charge >= 0.3 is 0 Å². The number of hydrogen-bond donors (Lipinski definition) is 1. The Hall–Kier alpha value is -1.07. The molecule has 1 aliphatic carbocycles. The summed E-state index contributed by atoms with van der Waals surface area (Å²) in [4.78, 5) is 0. The maximum absolute atomic E-state index is 11.0. The summed E-state index contributed by atoms with van der Waals surface area (Å²) in [5, 5.41) is 0. The molecule has 0 amide bonds. The summed E-state index contributed by atoms with van der Waals surface area (Å²) in [7, 11) is -2.82. The summed E-state index contributed by atoms with van der Waals surface area (Å²) in [6, 6.07) is 7.74. The molecule has 5 heteroatoms. The summed E-state index contributed by atoms with van der Waals surface area (Å²) >= 11 is 0. The van der Waals surface area contributed by atoms with E-state index in [1.165, 1.54) is 6.42 Å². The second-order valence-electron chi connectivity index (χ2n) is 5.35. The van der Waals surface area contributed by atoms with E-state index in [2.05, 4.69) is 0 Å². The predicted molar refractivity (Wildman–Crippen MR) is 69.2 cm³/mol. The molecule has 2 N–H and O–H groups in total. The topological polar surface area (TPSA) is 69.4 Å². The van der Waals surface area contributed by atoms with Gasteiger partial charge in [0.05, 0.1) is 11.5 Å². The van der Waals surface area contributed by atoms with Crippen molar-refractivity contribution in [1.29, 1.82) is 0 Å². The lowest BCUT2D eigenvalue weighted by Crippen LogP contribution is -2.45. The van der Waals surface area contributed by atoms with Crippen molar-refractivity contribution in [3.05, 3.63) is 29.8 Å². The number of nitrogens with two attached hydrogens (primary N) is 1. The van der Waals surface area contributed by atoms with Crippen LogP contribution in [0, 0.1) is 0 Å². The van der Waals surface area contributed by atoms with E-state index in [0.29, 0.717) is 0 Å². The molecule has 98 valence electrons. The number of rotatable bonds is 3. The summed E-state index contributed by atoms with van der Waals surface area (Å²) < 4.78 is 27.6. The number of ether oxygens (including phenoxy) is 1. The first kappa shape index (κ1) is 12.0. The van der Waals surface area contributed by atoms with Crippen molar-refractivity contribution >= 4 is 9.84 Å². The summed E-state index contributed by atoms with van der Waals surface area (Å²) in [5.74, 6) is 0.993. The molecule has 0 aromatic heterocycles. The van der Waals surface area contributed by atoms with E-state index in [4.69, 9.17) is 10.5 Å². The van der Waals surface area contributed by atoms with Gasteiger partial charge in [-0.25, -0.2) is 8.42 Å². The third kappa shape index (κ3) is 2.12. The molecule has 1 saturated heterocycles. The van der Waals surface area contributed by atoms with Crippen molar-refractivity contribution in [3.63, 3.8) is 0 Å². The lowest BCUT2D eigenvalue weighted by Gasteiger charge is -2.38. The molecule has 2 fully saturated rings. The molecule has 0 bridgehead atoms. The van der Waals surface area contributed by atoms with Gasteiger partial charge in [-0.1, -0.05) is 12.1 Å². The van der Waals surface area contributed by atoms with Crippen molar-refractivity contribution in [2.45, 2.75) is 30.9 Å². The third-order valence-electron chi connectivity index (χ3n) is 3.86. The minimum absolute atomic E-state index is 0.135. The second-order valence-corrected chi connectivity index (χ2v) is 7.50. The van der Waals surface area contributed by atoms with Crippen LogP contribution in [0.3, 0.4) is 0 Å². The van der Waals surface area contributed by atoms with Gasteiger partial charge in [0.15, 0.2) is 9.84 Å². The third-order valence-corrected chi connectivity index (χ3v) is 5.62. The highest BCUT2D eigenvalue weighted by Crippen LogP contribution is 2.39. The summed E-state index contributed by atoms with van der Waals surface area (Å²) in [6.45, 7) is 0. The van der Waals surface area contributed by atoms with Crippen LogP contribution in [-0.4, -0.2) is 26.0 Å². The van der Waals surface area contributed by atoms with Crippen molar-refractivity contribution < 1.29 is 13.2 Å².